The van der Waals surface area contributed by atoms with Gasteiger partial charge < -0.3 is 14.9 Å². The first-order valence-electron chi connectivity index (χ1n) is 4.94. The van der Waals surface area contributed by atoms with Crippen molar-refractivity contribution >= 4 is 11.6 Å². The quantitative estimate of drug-likeness (QED) is 0.557. The Morgan fingerprint density at radius 1 is 1.53 bits per heavy atom. The molecule has 0 aromatic carbocycles. The Balaban J connectivity index is 2.35. The maximum Gasteiger partial charge on any atom is 0.330 e. The highest BCUT2D eigenvalue weighted by atomic mass is 35.5. The summed E-state index contributed by atoms with van der Waals surface area (Å²) in [5.41, 5.74) is -1.21. The second-order valence-corrected chi connectivity index (χ2v) is 4.20. The van der Waals surface area contributed by atoms with E-state index >= 15 is 0 Å². The van der Waals surface area contributed by atoms with E-state index in [2.05, 4.69) is 4.98 Å². The number of alkyl halides is 1. The molecular weight excluding hydrogens is 252 g/mol. The Hall–Kier alpha value is -1.15. The minimum Gasteiger partial charge on any atom is -0.394 e. The minimum atomic E-state index is -1.08. The largest absolute Gasteiger partial charge is 0.394 e. The van der Waals surface area contributed by atoms with E-state index in [1.54, 1.807) is 0 Å². The van der Waals surface area contributed by atoms with Crippen LogP contribution in [0.1, 0.15) is 6.23 Å². The second-order valence-electron chi connectivity index (χ2n) is 3.70. The smallest absolute Gasteiger partial charge is 0.330 e. The summed E-state index contributed by atoms with van der Waals surface area (Å²) in [5.74, 6) is 0. The highest BCUT2D eigenvalue weighted by Gasteiger charge is 2.43. The molecule has 1 aromatic rings. The molecule has 0 saturated carbocycles. The average molecular weight is 263 g/mol. The van der Waals surface area contributed by atoms with E-state index in [1.807, 2.05) is 0 Å². The lowest BCUT2D eigenvalue weighted by molar-refractivity contribution is -0.0457. The molecule has 1 fully saturated rings. The first-order chi connectivity index (χ1) is 8.04. The number of nitrogens with one attached hydrogen (secondary N) is 1. The summed E-state index contributed by atoms with van der Waals surface area (Å²) in [6.07, 6.45) is -1.62. The summed E-state index contributed by atoms with van der Waals surface area (Å²) in [6, 6.07) is 1.15. The molecule has 8 heteroatoms. The van der Waals surface area contributed by atoms with Gasteiger partial charge in [0.05, 0.1) is 6.61 Å². The highest BCUT2D eigenvalue weighted by Crippen LogP contribution is 2.31. The molecule has 0 radical (unpaired) electrons. The fourth-order valence-corrected chi connectivity index (χ4v) is 2.05. The lowest BCUT2D eigenvalue weighted by Crippen LogP contribution is -2.35. The fraction of sp³-hybridized carbons (Fsp3) is 0.556. The first-order valence-corrected chi connectivity index (χ1v) is 5.38. The second kappa shape index (κ2) is 4.61. The molecule has 0 bridgehead atoms. The number of aromatic nitrogens is 2. The van der Waals surface area contributed by atoms with Gasteiger partial charge in [0.1, 0.15) is 17.6 Å². The lowest BCUT2D eigenvalue weighted by Gasteiger charge is -2.15. The van der Waals surface area contributed by atoms with Crippen LogP contribution in [0.25, 0.3) is 0 Å². The van der Waals surface area contributed by atoms with Crippen LogP contribution in [0.4, 0.5) is 0 Å². The number of aromatic amines is 1. The summed E-state index contributed by atoms with van der Waals surface area (Å²) >= 11 is 5.91. The molecule has 94 valence electrons. The molecule has 2 rings (SSSR count). The maximum atomic E-state index is 11.5. The van der Waals surface area contributed by atoms with Crippen molar-refractivity contribution in [1.29, 1.82) is 0 Å². The third kappa shape index (κ3) is 2.14. The van der Waals surface area contributed by atoms with Crippen LogP contribution in [-0.2, 0) is 4.74 Å². The third-order valence-corrected chi connectivity index (χ3v) is 3.07. The zero-order valence-corrected chi connectivity index (χ0v) is 9.37. The van der Waals surface area contributed by atoms with Crippen LogP contribution in [0.2, 0.25) is 0 Å². The first kappa shape index (κ1) is 12.3. The number of hydrogen-bond acceptors (Lipinski definition) is 5. The lowest BCUT2D eigenvalue weighted by atomic mass is 10.2. The van der Waals surface area contributed by atoms with Crippen LogP contribution in [0.5, 0.6) is 0 Å². The van der Waals surface area contributed by atoms with E-state index in [0.29, 0.717) is 0 Å². The third-order valence-electron chi connectivity index (χ3n) is 2.60. The molecular formula is C9H11ClN2O5. The van der Waals surface area contributed by atoms with Gasteiger partial charge >= 0.3 is 5.69 Å². The van der Waals surface area contributed by atoms with Gasteiger partial charge in [-0.15, -0.1) is 11.6 Å². The zero-order chi connectivity index (χ0) is 12.6. The van der Waals surface area contributed by atoms with Crippen molar-refractivity contribution in [2.24, 2.45) is 0 Å². The molecule has 7 nitrogen and oxygen atoms in total. The number of aliphatic hydroxyl groups is 2. The Kier molecular flexibility index (Phi) is 3.34. The number of halogens is 1. The summed E-state index contributed by atoms with van der Waals surface area (Å²) < 4.78 is 6.32. The zero-order valence-electron chi connectivity index (χ0n) is 8.62. The number of rotatable bonds is 2. The molecule has 17 heavy (non-hydrogen) atoms. The van der Waals surface area contributed by atoms with E-state index in [0.717, 1.165) is 10.6 Å². The summed E-state index contributed by atoms with van der Waals surface area (Å²) in [6.45, 7) is -0.404. The number of nitrogens with zero attached hydrogens (tertiary/aromatic N) is 1. The number of hydrogen-bond donors (Lipinski definition) is 3. The van der Waals surface area contributed by atoms with Crippen LogP contribution >= 0.6 is 11.6 Å². The van der Waals surface area contributed by atoms with Crippen LogP contribution in [0.3, 0.4) is 0 Å². The molecule has 2 heterocycles. The van der Waals surface area contributed by atoms with Crippen molar-refractivity contribution in [2.45, 2.75) is 23.8 Å². The summed E-state index contributed by atoms with van der Waals surface area (Å²) in [7, 11) is 0. The van der Waals surface area contributed by atoms with Gasteiger partial charge in [-0.25, -0.2) is 4.79 Å². The fourth-order valence-electron chi connectivity index (χ4n) is 1.71. The van der Waals surface area contributed by atoms with Gasteiger partial charge in [-0.3, -0.25) is 14.3 Å². The van der Waals surface area contributed by atoms with E-state index in [1.165, 1.54) is 6.20 Å². The molecule has 3 N–H and O–H groups in total. The molecule has 1 aliphatic heterocycles. The van der Waals surface area contributed by atoms with Crippen molar-refractivity contribution in [3.05, 3.63) is 33.1 Å². The van der Waals surface area contributed by atoms with Gasteiger partial charge in [0, 0.05) is 12.3 Å². The van der Waals surface area contributed by atoms with Gasteiger partial charge in [0.15, 0.2) is 6.23 Å². The average Bonchev–Trinajstić information content (AvgIpc) is 2.57. The summed E-state index contributed by atoms with van der Waals surface area (Å²) in [5, 5.41) is 17.7. The van der Waals surface area contributed by atoms with Crippen molar-refractivity contribution < 1.29 is 14.9 Å². The molecule has 1 saturated heterocycles. The van der Waals surface area contributed by atoms with Crippen LogP contribution in [-0.4, -0.2) is 44.0 Å². The number of ether oxygens (including phenoxy) is 1. The van der Waals surface area contributed by atoms with E-state index in [4.69, 9.17) is 21.4 Å². The van der Waals surface area contributed by atoms with Crippen molar-refractivity contribution in [3.8, 4) is 0 Å². The topological polar surface area (TPSA) is 105 Å². The monoisotopic (exact) mass is 262 g/mol. The Morgan fingerprint density at radius 3 is 2.76 bits per heavy atom. The van der Waals surface area contributed by atoms with Crippen molar-refractivity contribution in [2.75, 3.05) is 6.61 Å². The molecule has 0 aliphatic carbocycles. The van der Waals surface area contributed by atoms with Crippen LogP contribution < -0.4 is 11.2 Å². The van der Waals surface area contributed by atoms with E-state index < -0.39 is 41.7 Å². The number of H-pyrrole nitrogens is 1. The predicted octanol–water partition coefficient (Wildman–Crippen LogP) is -1.61. The molecule has 4 atom stereocenters. The van der Waals surface area contributed by atoms with Gasteiger partial charge in [-0.2, -0.15) is 0 Å². The van der Waals surface area contributed by atoms with Gasteiger partial charge in [0.25, 0.3) is 5.56 Å². The van der Waals surface area contributed by atoms with Crippen LogP contribution in [0.15, 0.2) is 21.9 Å². The minimum absolute atomic E-state index is 0.404. The molecule has 1 aliphatic rings. The number of aliphatic hydroxyl groups excluding tert-OH is 2. The highest BCUT2D eigenvalue weighted by molar-refractivity contribution is 6.21. The Bertz CT molecular complexity index is 513. The Morgan fingerprint density at radius 2 is 2.24 bits per heavy atom. The van der Waals surface area contributed by atoms with Crippen molar-refractivity contribution in [3.63, 3.8) is 0 Å². The normalized spacial score (nSPS) is 32.9. The maximum absolute atomic E-state index is 11.5. The van der Waals surface area contributed by atoms with Crippen LogP contribution in [0, 0.1) is 0 Å². The SMILES string of the molecule is O=c1ccn([C@@H]2O[C@H](CO)[C@@H](O)[C@H]2Cl)c(=O)[nH]1. The summed E-state index contributed by atoms with van der Waals surface area (Å²) in [4.78, 5) is 24.4. The molecule has 0 amide bonds. The van der Waals surface area contributed by atoms with Crippen molar-refractivity contribution in [1.82, 2.24) is 9.55 Å². The predicted molar refractivity (Wildman–Crippen MR) is 58.0 cm³/mol. The standard InChI is InChI=1S/C9H11ClN2O5/c10-6-7(15)4(3-13)17-8(6)12-2-1-5(14)11-9(12)16/h1-2,4,6-8,13,15H,3H2,(H,11,14,16)/t4-,6-,7-,8-/m1/s1. The van der Waals surface area contributed by atoms with Gasteiger partial charge in [-0.05, 0) is 0 Å². The molecule has 0 spiro atoms. The molecule has 1 aromatic heterocycles. The van der Waals surface area contributed by atoms with E-state index in [-0.39, 0.29) is 0 Å². The Labute approximate surface area is 100 Å². The van der Waals surface area contributed by atoms with Gasteiger partial charge in [-0.1, -0.05) is 0 Å². The van der Waals surface area contributed by atoms with Gasteiger partial charge in [0.2, 0.25) is 0 Å². The molecule has 0 unspecified atom stereocenters. The van der Waals surface area contributed by atoms with E-state index in [9.17, 15) is 14.7 Å².